The fourth-order valence-electron chi connectivity index (χ4n) is 3.11. The highest BCUT2D eigenvalue weighted by atomic mass is 17.0. The minimum atomic E-state index is -1.88. The van der Waals surface area contributed by atoms with Gasteiger partial charge in [0.2, 0.25) is 0 Å². The molecule has 2 atom stereocenters. The fourth-order valence-corrected chi connectivity index (χ4v) is 3.11. The SMILES string of the molecule is CCC(=O)ON1C(C)(C)C(O[N+](=O)[O-])C(O[N+](=O)[O-])C(O[N+](=O)[O-])C1(C)C. The Kier molecular flexibility index (Phi) is 6.32. The maximum atomic E-state index is 11.8. The number of piperidine rings is 1. The van der Waals surface area contributed by atoms with Crippen LogP contribution in [0.2, 0.25) is 0 Å². The molecule has 15 nitrogen and oxygen atoms in total. The van der Waals surface area contributed by atoms with E-state index >= 15 is 0 Å². The zero-order valence-corrected chi connectivity index (χ0v) is 15.2. The molecule has 15 heteroatoms. The maximum Gasteiger partial charge on any atom is 0.324 e. The molecule has 0 N–H and O–H groups in total. The van der Waals surface area contributed by atoms with Crippen LogP contribution in [0.4, 0.5) is 0 Å². The number of hydroxylamine groups is 2. The molecule has 0 aromatic rings. The number of carbonyl (C=O) groups excluding carboxylic acids is 1. The second-order valence-electron chi connectivity index (χ2n) is 6.71. The Bertz CT molecular complexity index is 586. The van der Waals surface area contributed by atoms with Crippen molar-refractivity contribution in [3.05, 3.63) is 30.3 Å². The summed E-state index contributed by atoms with van der Waals surface area (Å²) in [6, 6.07) is 0. The smallest absolute Gasteiger partial charge is 0.324 e. The number of carbonyl (C=O) groups is 1. The van der Waals surface area contributed by atoms with E-state index in [-0.39, 0.29) is 6.42 Å². The van der Waals surface area contributed by atoms with Crippen LogP contribution in [0.25, 0.3) is 0 Å². The largest absolute Gasteiger partial charge is 0.367 e. The molecule has 0 aromatic carbocycles. The van der Waals surface area contributed by atoms with Crippen LogP contribution in [-0.2, 0) is 24.1 Å². The van der Waals surface area contributed by atoms with Gasteiger partial charge in [-0.05, 0) is 27.7 Å². The Morgan fingerprint density at radius 1 is 0.889 bits per heavy atom. The van der Waals surface area contributed by atoms with Gasteiger partial charge < -0.3 is 19.4 Å². The summed E-state index contributed by atoms with van der Waals surface area (Å²) in [5, 5.41) is 29.9. The van der Waals surface area contributed by atoms with E-state index in [1.54, 1.807) is 0 Å². The van der Waals surface area contributed by atoms with E-state index in [1.807, 2.05) is 0 Å². The number of rotatable bonds is 8. The molecule has 1 fully saturated rings. The lowest BCUT2D eigenvalue weighted by molar-refractivity contribution is -0.824. The normalized spacial score (nSPS) is 26.5. The molecule has 0 spiro atoms. The topological polar surface area (TPSA) is 187 Å². The molecule has 0 aliphatic carbocycles. The highest BCUT2D eigenvalue weighted by molar-refractivity contribution is 5.68. The zero-order chi connectivity index (χ0) is 21.2. The molecule has 0 radical (unpaired) electrons. The van der Waals surface area contributed by atoms with E-state index in [4.69, 9.17) is 4.84 Å². The highest BCUT2D eigenvalue weighted by Crippen LogP contribution is 2.43. The highest BCUT2D eigenvalue weighted by Gasteiger charge is 2.64. The van der Waals surface area contributed by atoms with Crippen LogP contribution < -0.4 is 0 Å². The van der Waals surface area contributed by atoms with Crippen molar-refractivity contribution in [3.8, 4) is 0 Å². The maximum absolute atomic E-state index is 11.8. The second kappa shape index (κ2) is 7.73. The summed E-state index contributed by atoms with van der Waals surface area (Å²) < 4.78 is 0. The Labute approximate surface area is 152 Å². The summed E-state index contributed by atoms with van der Waals surface area (Å²) in [6.07, 6.45) is -5.50. The molecular formula is C12H20N4O11. The van der Waals surface area contributed by atoms with Crippen LogP contribution >= 0.6 is 0 Å². The van der Waals surface area contributed by atoms with E-state index in [0.717, 1.165) is 5.06 Å². The summed E-state index contributed by atoms with van der Waals surface area (Å²) in [6.45, 7) is 6.84. The molecule has 1 aliphatic heterocycles. The molecule has 154 valence electrons. The summed E-state index contributed by atoms with van der Waals surface area (Å²) in [5.41, 5.74) is -3.14. The van der Waals surface area contributed by atoms with Crippen LogP contribution in [-0.4, -0.2) is 55.7 Å². The third-order valence-electron chi connectivity index (χ3n) is 4.13. The average molecular weight is 396 g/mol. The Morgan fingerprint density at radius 2 is 1.26 bits per heavy atom. The molecule has 0 amide bonds. The molecule has 0 bridgehead atoms. The van der Waals surface area contributed by atoms with Gasteiger partial charge in [0, 0.05) is 6.42 Å². The third-order valence-corrected chi connectivity index (χ3v) is 4.13. The Balaban J connectivity index is 3.55. The predicted molar refractivity (Wildman–Crippen MR) is 82.0 cm³/mol. The minimum Gasteiger partial charge on any atom is -0.367 e. The van der Waals surface area contributed by atoms with Crippen molar-refractivity contribution < 1.29 is 39.4 Å². The molecular weight excluding hydrogens is 376 g/mol. The molecule has 0 saturated carbocycles. The zero-order valence-electron chi connectivity index (χ0n) is 15.2. The summed E-state index contributed by atoms with van der Waals surface area (Å²) >= 11 is 0. The third kappa shape index (κ3) is 4.60. The van der Waals surface area contributed by atoms with Gasteiger partial charge in [0.1, 0.15) is 0 Å². The fraction of sp³-hybridized carbons (Fsp3) is 0.917. The van der Waals surface area contributed by atoms with E-state index in [9.17, 15) is 35.1 Å². The molecule has 0 aromatic heterocycles. The van der Waals surface area contributed by atoms with E-state index in [0.29, 0.717) is 0 Å². The van der Waals surface area contributed by atoms with Crippen LogP contribution in [0.15, 0.2) is 0 Å². The van der Waals surface area contributed by atoms with Gasteiger partial charge in [0.15, 0.2) is 18.3 Å². The second-order valence-corrected chi connectivity index (χ2v) is 6.71. The van der Waals surface area contributed by atoms with Crippen molar-refractivity contribution >= 4 is 5.97 Å². The number of hydrogen-bond donors (Lipinski definition) is 0. The van der Waals surface area contributed by atoms with Gasteiger partial charge in [-0.3, -0.25) is 4.79 Å². The standard InChI is InChI=1S/C12H20N4O11/c1-6-7(17)24-13-11(2,3)9(26-15(20)21)8(25-14(18)19)10(12(13,4)5)27-16(22)23/h8-10H,6H2,1-5H3. The Hall–Kier alpha value is -2.97. The van der Waals surface area contributed by atoms with E-state index in [2.05, 4.69) is 14.5 Å². The Morgan fingerprint density at radius 3 is 1.56 bits per heavy atom. The molecule has 27 heavy (non-hydrogen) atoms. The lowest BCUT2D eigenvalue weighted by Gasteiger charge is -2.57. The molecule has 1 saturated heterocycles. The van der Waals surface area contributed by atoms with Crippen LogP contribution in [0.1, 0.15) is 41.0 Å². The van der Waals surface area contributed by atoms with E-state index < -0.39 is 50.6 Å². The van der Waals surface area contributed by atoms with E-state index in [1.165, 1.54) is 34.6 Å². The first kappa shape index (κ1) is 22.1. The van der Waals surface area contributed by atoms with Crippen LogP contribution in [0.3, 0.4) is 0 Å². The minimum absolute atomic E-state index is 0.0704. The molecule has 1 heterocycles. The number of hydrogen-bond acceptors (Lipinski definition) is 12. The first-order valence-electron chi connectivity index (χ1n) is 7.69. The summed E-state index contributed by atoms with van der Waals surface area (Å²) in [5.74, 6) is -0.746. The number of nitrogens with zero attached hydrogens (tertiary/aromatic N) is 4. The first-order valence-corrected chi connectivity index (χ1v) is 7.69. The average Bonchev–Trinajstić information content (AvgIpc) is 2.51. The van der Waals surface area contributed by atoms with Crippen molar-refractivity contribution in [1.29, 1.82) is 0 Å². The van der Waals surface area contributed by atoms with Crippen molar-refractivity contribution in [1.82, 2.24) is 5.06 Å². The van der Waals surface area contributed by atoms with Crippen molar-refractivity contribution in [3.63, 3.8) is 0 Å². The van der Waals surface area contributed by atoms with Crippen LogP contribution in [0, 0.1) is 30.3 Å². The lowest BCUT2D eigenvalue weighted by atomic mass is 9.75. The van der Waals surface area contributed by atoms with Gasteiger partial charge in [-0.2, -0.15) is 0 Å². The molecule has 1 aliphatic rings. The van der Waals surface area contributed by atoms with Crippen molar-refractivity contribution in [2.75, 3.05) is 0 Å². The monoisotopic (exact) mass is 396 g/mol. The van der Waals surface area contributed by atoms with Crippen molar-refractivity contribution in [2.24, 2.45) is 0 Å². The van der Waals surface area contributed by atoms with Crippen LogP contribution in [0.5, 0.6) is 0 Å². The van der Waals surface area contributed by atoms with Gasteiger partial charge in [-0.15, -0.1) is 35.4 Å². The van der Waals surface area contributed by atoms with Gasteiger partial charge >= 0.3 is 5.97 Å². The van der Waals surface area contributed by atoms with Crippen molar-refractivity contribution in [2.45, 2.75) is 70.4 Å². The molecule has 1 rings (SSSR count). The van der Waals surface area contributed by atoms with Gasteiger partial charge in [-0.1, -0.05) is 6.92 Å². The quantitative estimate of drug-likeness (QED) is 0.408. The molecule has 2 unspecified atom stereocenters. The summed E-state index contributed by atoms with van der Waals surface area (Å²) in [7, 11) is 0. The lowest BCUT2D eigenvalue weighted by Crippen LogP contribution is -2.77. The predicted octanol–water partition coefficient (Wildman–Crippen LogP) is 0.458. The first-order chi connectivity index (χ1) is 12.2. The van der Waals surface area contributed by atoms with Gasteiger partial charge in [0.25, 0.3) is 15.3 Å². The van der Waals surface area contributed by atoms with Gasteiger partial charge in [0.05, 0.1) is 11.1 Å². The summed E-state index contributed by atoms with van der Waals surface area (Å²) in [4.78, 5) is 63.3. The van der Waals surface area contributed by atoms with Gasteiger partial charge in [-0.25, -0.2) is 0 Å².